The summed E-state index contributed by atoms with van der Waals surface area (Å²) in [5.41, 5.74) is 6.23. The fourth-order valence-corrected chi connectivity index (χ4v) is 4.31. The summed E-state index contributed by atoms with van der Waals surface area (Å²) in [7, 11) is 0. The van der Waals surface area contributed by atoms with Crippen molar-refractivity contribution in [2.24, 2.45) is 5.41 Å². The molecule has 1 aliphatic rings. The SMILES string of the molecule is Cc1cc(Br)cc(C)c1-n1ccc2c1CC(C)(C)CC2O. The first-order chi connectivity index (χ1) is 9.78. The number of benzene rings is 1. The first-order valence-electron chi connectivity index (χ1n) is 7.44. The first-order valence-corrected chi connectivity index (χ1v) is 8.23. The summed E-state index contributed by atoms with van der Waals surface area (Å²) in [6, 6.07) is 6.38. The van der Waals surface area contributed by atoms with Crippen LogP contribution in [0.25, 0.3) is 5.69 Å². The van der Waals surface area contributed by atoms with E-state index in [9.17, 15) is 5.11 Å². The van der Waals surface area contributed by atoms with Crippen LogP contribution in [0.1, 0.15) is 48.8 Å². The highest BCUT2D eigenvalue weighted by molar-refractivity contribution is 9.10. The molecule has 1 aromatic heterocycles. The summed E-state index contributed by atoms with van der Waals surface area (Å²) < 4.78 is 3.39. The molecule has 0 saturated heterocycles. The van der Waals surface area contributed by atoms with Gasteiger partial charge in [-0.2, -0.15) is 0 Å². The van der Waals surface area contributed by atoms with Gasteiger partial charge in [-0.3, -0.25) is 0 Å². The van der Waals surface area contributed by atoms with Crippen molar-refractivity contribution >= 4 is 15.9 Å². The van der Waals surface area contributed by atoms with E-state index in [-0.39, 0.29) is 11.5 Å². The van der Waals surface area contributed by atoms with Crippen LogP contribution in [0.2, 0.25) is 0 Å². The van der Waals surface area contributed by atoms with Gasteiger partial charge in [-0.15, -0.1) is 0 Å². The second kappa shape index (κ2) is 4.99. The second-order valence-corrected chi connectivity index (χ2v) is 7.95. The van der Waals surface area contributed by atoms with Gasteiger partial charge in [0.15, 0.2) is 0 Å². The molecular weight excluding hydrogens is 326 g/mol. The Morgan fingerprint density at radius 2 is 1.86 bits per heavy atom. The maximum Gasteiger partial charge on any atom is 0.0812 e. The van der Waals surface area contributed by atoms with Gasteiger partial charge in [-0.25, -0.2) is 0 Å². The van der Waals surface area contributed by atoms with Crippen LogP contribution in [-0.4, -0.2) is 9.67 Å². The fraction of sp³-hybridized carbons (Fsp3) is 0.444. The number of rotatable bonds is 1. The van der Waals surface area contributed by atoms with Crippen LogP contribution in [0, 0.1) is 19.3 Å². The number of aryl methyl sites for hydroxylation is 2. The third kappa shape index (κ3) is 2.58. The van der Waals surface area contributed by atoms with Gasteiger partial charge in [-0.05, 0) is 61.4 Å². The van der Waals surface area contributed by atoms with Crippen molar-refractivity contribution in [1.82, 2.24) is 4.57 Å². The lowest BCUT2D eigenvalue weighted by Crippen LogP contribution is -2.26. The minimum absolute atomic E-state index is 0.139. The summed E-state index contributed by atoms with van der Waals surface area (Å²) >= 11 is 3.56. The summed E-state index contributed by atoms with van der Waals surface area (Å²) in [6.45, 7) is 8.75. The predicted octanol–water partition coefficient (Wildman–Crippen LogP) is 4.86. The topological polar surface area (TPSA) is 25.2 Å². The molecule has 1 atom stereocenters. The maximum absolute atomic E-state index is 10.4. The second-order valence-electron chi connectivity index (χ2n) is 7.04. The van der Waals surface area contributed by atoms with E-state index in [4.69, 9.17) is 0 Å². The minimum atomic E-state index is -0.346. The standard InChI is InChI=1S/C18H22BrNO/c1-11-7-13(19)8-12(2)17(11)20-6-5-14-15(20)9-18(3,4)10-16(14)21/h5-8,16,21H,9-10H2,1-4H3. The van der Waals surface area contributed by atoms with Crippen molar-refractivity contribution < 1.29 is 5.11 Å². The van der Waals surface area contributed by atoms with Gasteiger partial charge in [-0.1, -0.05) is 29.8 Å². The molecule has 0 radical (unpaired) electrons. The third-order valence-electron chi connectivity index (χ3n) is 4.47. The van der Waals surface area contributed by atoms with Crippen molar-refractivity contribution in [3.8, 4) is 5.69 Å². The Hall–Kier alpha value is -1.06. The van der Waals surface area contributed by atoms with Crippen LogP contribution in [0.5, 0.6) is 0 Å². The van der Waals surface area contributed by atoms with E-state index < -0.39 is 0 Å². The molecular formula is C18H22BrNO. The van der Waals surface area contributed by atoms with Crippen LogP contribution in [0.3, 0.4) is 0 Å². The molecule has 1 unspecified atom stereocenters. The van der Waals surface area contributed by atoms with Crippen LogP contribution in [0.4, 0.5) is 0 Å². The third-order valence-corrected chi connectivity index (χ3v) is 4.93. The highest BCUT2D eigenvalue weighted by Crippen LogP contribution is 2.42. The average molecular weight is 348 g/mol. The highest BCUT2D eigenvalue weighted by atomic mass is 79.9. The molecule has 112 valence electrons. The minimum Gasteiger partial charge on any atom is -0.388 e. The van der Waals surface area contributed by atoms with Gasteiger partial charge in [0, 0.05) is 21.9 Å². The van der Waals surface area contributed by atoms with E-state index in [0.29, 0.717) is 0 Å². The number of fused-ring (bicyclic) bond motifs is 1. The molecule has 1 aromatic carbocycles. The Kier molecular flexibility index (Phi) is 3.53. The quantitative estimate of drug-likeness (QED) is 0.782. The highest BCUT2D eigenvalue weighted by Gasteiger charge is 2.33. The maximum atomic E-state index is 10.4. The molecule has 0 bridgehead atoms. The van der Waals surface area contributed by atoms with Crippen LogP contribution in [0.15, 0.2) is 28.9 Å². The van der Waals surface area contributed by atoms with Crippen LogP contribution >= 0.6 is 15.9 Å². The largest absolute Gasteiger partial charge is 0.388 e. The van der Waals surface area contributed by atoms with Gasteiger partial charge >= 0.3 is 0 Å². The van der Waals surface area contributed by atoms with E-state index in [1.807, 2.05) is 0 Å². The number of aliphatic hydroxyl groups is 1. The van der Waals surface area contributed by atoms with Crippen molar-refractivity contribution in [2.45, 2.75) is 46.6 Å². The smallest absolute Gasteiger partial charge is 0.0812 e. The lowest BCUT2D eigenvalue weighted by molar-refractivity contribution is 0.0986. The zero-order valence-electron chi connectivity index (χ0n) is 13.1. The van der Waals surface area contributed by atoms with Crippen molar-refractivity contribution in [2.75, 3.05) is 0 Å². The van der Waals surface area contributed by atoms with Gasteiger partial charge in [0.1, 0.15) is 0 Å². The molecule has 21 heavy (non-hydrogen) atoms. The van der Waals surface area contributed by atoms with E-state index in [1.165, 1.54) is 22.5 Å². The first kappa shape index (κ1) is 14.9. The van der Waals surface area contributed by atoms with Crippen molar-refractivity contribution in [1.29, 1.82) is 0 Å². The summed E-state index contributed by atoms with van der Waals surface area (Å²) in [5, 5.41) is 10.4. The van der Waals surface area contributed by atoms with Gasteiger partial charge in [0.2, 0.25) is 0 Å². The Balaban J connectivity index is 2.19. The molecule has 1 heterocycles. The molecule has 1 aliphatic carbocycles. The normalized spacial score (nSPS) is 20.4. The molecule has 2 aromatic rings. The molecule has 3 rings (SSSR count). The van der Waals surface area contributed by atoms with Crippen LogP contribution in [-0.2, 0) is 6.42 Å². The molecule has 0 spiro atoms. The summed E-state index contributed by atoms with van der Waals surface area (Å²) in [6.07, 6.45) is 3.60. The molecule has 0 amide bonds. The Bertz CT molecular complexity index is 676. The lowest BCUT2D eigenvalue weighted by Gasteiger charge is -2.34. The number of aliphatic hydroxyl groups excluding tert-OH is 1. The Morgan fingerprint density at radius 1 is 1.24 bits per heavy atom. The Morgan fingerprint density at radius 3 is 2.48 bits per heavy atom. The van der Waals surface area contributed by atoms with E-state index >= 15 is 0 Å². The van der Waals surface area contributed by atoms with E-state index in [1.54, 1.807) is 0 Å². The van der Waals surface area contributed by atoms with Gasteiger partial charge < -0.3 is 9.67 Å². The van der Waals surface area contributed by atoms with E-state index in [0.717, 1.165) is 22.9 Å². The van der Waals surface area contributed by atoms with Crippen LogP contribution < -0.4 is 0 Å². The number of hydrogen-bond donors (Lipinski definition) is 1. The summed E-state index contributed by atoms with van der Waals surface area (Å²) in [5.74, 6) is 0. The van der Waals surface area contributed by atoms with Crippen molar-refractivity contribution in [3.63, 3.8) is 0 Å². The summed E-state index contributed by atoms with van der Waals surface area (Å²) in [4.78, 5) is 0. The average Bonchev–Trinajstić information content (AvgIpc) is 2.70. The van der Waals surface area contributed by atoms with E-state index in [2.05, 4.69) is 72.6 Å². The molecule has 1 N–H and O–H groups in total. The zero-order chi connectivity index (χ0) is 15.4. The number of aromatic nitrogens is 1. The fourth-order valence-electron chi connectivity index (χ4n) is 3.62. The molecule has 0 saturated carbocycles. The van der Waals surface area contributed by atoms with Gasteiger partial charge in [0.25, 0.3) is 0 Å². The predicted molar refractivity (Wildman–Crippen MR) is 90.0 cm³/mol. The number of halogens is 1. The number of nitrogens with zero attached hydrogens (tertiary/aromatic N) is 1. The van der Waals surface area contributed by atoms with Crippen molar-refractivity contribution in [3.05, 3.63) is 51.3 Å². The molecule has 2 nitrogen and oxygen atoms in total. The monoisotopic (exact) mass is 347 g/mol. The molecule has 0 fully saturated rings. The van der Waals surface area contributed by atoms with Gasteiger partial charge in [0.05, 0.1) is 11.8 Å². The lowest BCUT2D eigenvalue weighted by atomic mass is 9.75. The number of hydrogen-bond acceptors (Lipinski definition) is 1. The molecule has 0 aliphatic heterocycles. The Labute approximate surface area is 134 Å². The zero-order valence-corrected chi connectivity index (χ0v) is 14.7. The molecule has 3 heteroatoms.